The molecule has 8 heteroatoms. The Labute approximate surface area is 121 Å². The summed E-state index contributed by atoms with van der Waals surface area (Å²) < 4.78 is 10.4. The number of benzene rings is 1. The molecule has 21 heavy (non-hydrogen) atoms. The topological polar surface area (TPSA) is 117 Å². The van der Waals surface area contributed by atoms with E-state index < -0.39 is 11.0 Å². The molecule has 8 nitrogen and oxygen atoms in total. The van der Waals surface area contributed by atoms with Crippen LogP contribution in [-0.4, -0.2) is 28.3 Å². The van der Waals surface area contributed by atoms with E-state index in [1.807, 2.05) is 6.92 Å². The number of ether oxygens (including phenoxy) is 1. The van der Waals surface area contributed by atoms with Crippen LogP contribution in [0.5, 0.6) is 0 Å². The summed E-state index contributed by atoms with van der Waals surface area (Å²) in [4.78, 5) is 14.5. The van der Waals surface area contributed by atoms with Crippen molar-refractivity contribution in [2.75, 3.05) is 13.2 Å². The van der Waals surface area contributed by atoms with Crippen molar-refractivity contribution in [3.05, 3.63) is 39.7 Å². The van der Waals surface area contributed by atoms with Crippen LogP contribution in [0.2, 0.25) is 0 Å². The number of nitro benzene ring substituents is 1. The monoisotopic (exact) mass is 292 g/mol. The Kier molecular flexibility index (Phi) is 4.61. The maximum Gasteiger partial charge on any atom is 0.269 e. The molecule has 0 aliphatic heterocycles. The zero-order chi connectivity index (χ0) is 15.4. The fourth-order valence-corrected chi connectivity index (χ4v) is 1.82. The molecular weight excluding hydrogens is 276 g/mol. The highest BCUT2D eigenvalue weighted by Crippen LogP contribution is 2.26. The number of non-ortho nitro benzene ring substituents is 1. The van der Waals surface area contributed by atoms with Crippen LogP contribution < -0.4 is 5.73 Å². The van der Waals surface area contributed by atoms with Crippen molar-refractivity contribution < 1.29 is 14.2 Å². The summed E-state index contributed by atoms with van der Waals surface area (Å²) in [6, 6.07) is 3.96. The standard InChI is InChI=1S/C13H16N4O4/c1-3-20-7-11(14)12-15-13(21-16-12)10-5-4-9(17(18)19)6-8(10)2/h4-6,11H,3,7,14H2,1-2H3. The van der Waals surface area contributed by atoms with Crippen LogP contribution >= 0.6 is 0 Å². The first-order valence-corrected chi connectivity index (χ1v) is 6.45. The minimum atomic E-state index is -0.471. The summed E-state index contributed by atoms with van der Waals surface area (Å²) in [7, 11) is 0. The maximum absolute atomic E-state index is 10.7. The molecule has 0 saturated carbocycles. The average molecular weight is 292 g/mol. The molecule has 1 unspecified atom stereocenters. The van der Waals surface area contributed by atoms with Gasteiger partial charge in [-0.05, 0) is 25.5 Å². The summed E-state index contributed by atoms with van der Waals surface area (Å²) in [5.41, 5.74) is 7.21. The second kappa shape index (κ2) is 6.42. The lowest BCUT2D eigenvalue weighted by Crippen LogP contribution is -2.18. The van der Waals surface area contributed by atoms with Crippen molar-refractivity contribution >= 4 is 5.69 Å². The molecule has 1 aromatic heterocycles. The van der Waals surface area contributed by atoms with E-state index in [0.29, 0.717) is 30.2 Å². The lowest BCUT2D eigenvalue weighted by atomic mass is 10.1. The highest BCUT2D eigenvalue weighted by molar-refractivity contribution is 5.61. The van der Waals surface area contributed by atoms with E-state index >= 15 is 0 Å². The molecule has 0 spiro atoms. The predicted octanol–water partition coefficient (Wildman–Crippen LogP) is 1.99. The molecule has 2 N–H and O–H groups in total. The maximum atomic E-state index is 10.7. The lowest BCUT2D eigenvalue weighted by molar-refractivity contribution is -0.384. The molecule has 0 radical (unpaired) electrons. The summed E-state index contributed by atoms with van der Waals surface area (Å²) in [5, 5.41) is 14.5. The summed E-state index contributed by atoms with van der Waals surface area (Å²) in [6.45, 7) is 4.47. The number of rotatable bonds is 6. The zero-order valence-electron chi connectivity index (χ0n) is 11.8. The average Bonchev–Trinajstić information content (AvgIpc) is 2.94. The van der Waals surface area contributed by atoms with Gasteiger partial charge in [0, 0.05) is 24.3 Å². The third-order valence-electron chi connectivity index (χ3n) is 2.93. The van der Waals surface area contributed by atoms with Crippen LogP contribution in [0.15, 0.2) is 22.7 Å². The molecule has 0 fully saturated rings. The normalized spacial score (nSPS) is 12.3. The number of nitrogens with zero attached hydrogens (tertiary/aromatic N) is 3. The summed E-state index contributed by atoms with van der Waals surface area (Å²) in [6.07, 6.45) is 0. The van der Waals surface area contributed by atoms with Crippen LogP contribution in [-0.2, 0) is 4.74 Å². The third-order valence-corrected chi connectivity index (χ3v) is 2.93. The van der Waals surface area contributed by atoms with E-state index in [0.717, 1.165) is 0 Å². The minimum absolute atomic E-state index is 0.0176. The fraction of sp³-hybridized carbons (Fsp3) is 0.385. The molecule has 0 aliphatic rings. The Morgan fingerprint density at radius 2 is 2.29 bits per heavy atom. The molecule has 0 amide bonds. The van der Waals surface area contributed by atoms with Gasteiger partial charge in [0.2, 0.25) is 0 Å². The van der Waals surface area contributed by atoms with Crippen molar-refractivity contribution in [1.82, 2.24) is 10.1 Å². The number of aryl methyl sites for hydroxylation is 1. The van der Waals surface area contributed by atoms with Gasteiger partial charge in [-0.2, -0.15) is 4.98 Å². The van der Waals surface area contributed by atoms with E-state index in [-0.39, 0.29) is 11.6 Å². The van der Waals surface area contributed by atoms with Crippen LogP contribution in [0, 0.1) is 17.0 Å². The van der Waals surface area contributed by atoms with E-state index in [1.54, 1.807) is 13.0 Å². The van der Waals surface area contributed by atoms with Gasteiger partial charge in [0.15, 0.2) is 5.82 Å². The van der Waals surface area contributed by atoms with Gasteiger partial charge in [-0.25, -0.2) is 0 Å². The molecular formula is C13H16N4O4. The van der Waals surface area contributed by atoms with Gasteiger partial charge in [0.25, 0.3) is 11.6 Å². The second-order valence-electron chi connectivity index (χ2n) is 4.48. The molecule has 2 aromatic rings. The first-order valence-electron chi connectivity index (χ1n) is 6.45. The van der Waals surface area contributed by atoms with Gasteiger partial charge in [0.05, 0.1) is 17.6 Å². The van der Waals surface area contributed by atoms with Crippen molar-refractivity contribution in [1.29, 1.82) is 0 Å². The Hall–Kier alpha value is -2.32. The zero-order valence-corrected chi connectivity index (χ0v) is 11.8. The van der Waals surface area contributed by atoms with Gasteiger partial charge in [-0.3, -0.25) is 10.1 Å². The first-order chi connectivity index (χ1) is 10.0. The molecule has 0 bridgehead atoms. The summed E-state index contributed by atoms with van der Waals surface area (Å²) in [5.74, 6) is 0.626. The predicted molar refractivity (Wildman–Crippen MR) is 74.5 cm³/mol. The third kappa shape index (κ3) is 3.41. The SMILES string of the molecule is CCOCC(N)c1noc(-c2ccc([N+](=O)[O-])cc2C)n1. The van der Waals surface area contributed by atoms with Crippen LogP contribution in [0.1, 0.15) is 24.4 Å². The van der Waals surface area contributed by atoms with Gasteiger partial charge >= 0.3 is 0 Å². The fourth-order valence-electron chi connectivity index (χ4n) is 1.82. The van der Waals surface area contributed by atoms with Crippen LogP contribution in [0.25, 0.3) is 11.5 Å². The van der Waals surface area contributed by atoms with Gasteiger partial charge in [-0.1, -0.05) is 5.16 Å². The molecule has 2 rings (SSSR count). The highest BCUT2D eigenvalue weighted by Gasteiger charge is 2.18. The second-order valence-corrected chi connectivity index (χ2v) is 4.48. The Morgan fingerprint density at radius 1 is 1.52 bits per heavy atom. The quantitative estimate of drug-likeness (QED) is 0.638. The van der Waals surface area contributed by atoms with Crippen molar-refractivity contribution in [3.8, 4) is 11.5 Å². The number of hydrogen-bond donors (Lipinski definition) is 1. The van der Waals surface area contributed by atoms with E-state index in [2.05, 4.69) is 10.1 Å². The molecule has 1 heterocycles. The van der Waals surface area contributed by atoms with Crippen molar-refractivity contribution in [2.45, 2.75) is 19.9 Å². The van der Waals surface area contributed by atoms with Crippen LogP contribution in [0.3, 0.4) is 0 Å². The number of nitro groups is 1. The van der Waals surface area contributed by atoms with E-state index in [9.17, 15) is 10.1 Å². The van der Waals surface area contributed by atoms with Crippen LogP contribution in [0.4, 0.5) is 5.69 Å². The molecule has 1 atom stereocenters. The van der Waals surface area contributed by atoms with Gasteiger partial charge < -0.3 is 15.0 Å². The van der Waals surface area contributed by atoms with Gasteiger partial charge in [0.1, 0.15) is 0 Å². The van der Waals surface area contributed by atoms with E-state index in [4.69, 9.17) is 15.0 Å². The Bertz CT molecular complexity index is 641. The summed E-state index contributed by atoms with van der Waals surface area (Å²) >= 11 is 0. The largest absolute Gasteiger partial charge is 0.380 e. The number of nitrogens with two attached hydrogens (primary N) is 1. The van der Waals surface area contributed by atoms with Gasteiger partial charge in [-0.15, -0.1) is 0 Å². The number of hydrogen-bond acceptors (Lipinski definition) is 7. The Morgan fingerprint density at radius 3 is 2.90 bits per heavy atom. The van der Waals surface area contributed by atoms with E-state index in [1.165, 1.54) is 12.1 Å². The molecule has 112 valence electrons. The molecule has 1 aromatic carbocycles. The molecule has 0 aliphatic carbocycles. The lowest BCUT2D eigenvalue weighted by Gasteiger charge is -2.05. The Balaban J connectivity index is 2.23. The smallest absolute Gasteiger partial charge is 0.269 e. The highest BCUT2D eigenvalue weighted by atomic mass is 16.6. The van der Waals surface area contributed by atoms with Crippen molar-refractivity contribution in [2.24, 2.45) is 5.73 Å². The first kappa shape index (κ1) is 15.1. The van der Waals surface area contributed by atoms with Crippen molar-refractivity contribution in [3.63, 3.8) is 0 Å². The molecule has 0 saturated heterocycles. The minimum Gasteiger partial charge on any atom is -0.380 e. The number of aromatic nitrogens is 2.